The molecule has 5 saturated carbocycles. The predicted molar refractivity (Wildman–Crippen MR) is 170 cm³/mol. The molecule has 0 aromatic rings. The van der Waals surface area contributed by atoms with E-state index in [0.29, 0.717) is 12.3 Å². The smallest absolute Gasteiger partial charge is 0.303 e. The van der Waals surface area contributed by atoms with Gasteiger partial charge in [-0.15, -0.1) is 0 Å². The van der Waals surface area contributed by atoms with Gasteiger partial charge in [-0.25, -0.2) is 0 Å². The Labute approximate surface area is 279 Å². The molecule has 2 aliphatic heterocycles. The molecule has 10 heteroatoms. The van der Waals surface area contributed by atoms with Crippen molar-refractivity contribution in [3.05, 3.63) is 0 Å². The maximum Gasteiger partial charge on any atom is 0.303 e. The molecule has 10 nitrogen and oxygen atoms in total. The van der Waals surface area contributed by atoms with Gasteiger partial charge >= 0.3 is 5.97 Å². The van der Waals surface area contributed by atoms with E-state index >= 15 is 0 Å². The molecule has 7 fully saturated rings. The van der Waals surface area contributed by atoms with E-state index in [1.165, 1.54) is 6.92 Å². The second kappa shape index (κ2) is 10.6. The van der Waals surface area contributed by atoms with Crippen LogP contribution in [0.4, 0.5) is 0 Å². The van der Waals surface area contributed by atoms with Crippen LogP contribution in [-0.4, -0.2) is 92.4 Å². The van der Waals surface area contributed by atoms with Crippen molar-refractivity contribution in [2.24, 2.45) is 50.7 Å². The van der Waals surface area contributed by atoms with E-state index in [-0.39, 0.29) is 58.5 Å². The fraction of sp³-hybridized carbons (Fsp3) is 0.973. The van der Waals surface area contributed by atoms with Crippen LogP contribution in [0.2, 0.25) is 0 Å². The molecule has 2 saturated heterocycles. The average Bonchev–Trinajstić information content (AvgIpc) is 3.60. The Morgan fingerprint density at radius 2 is 1.60 bits per heavy atom. The highest BCUT2D eigenvalue weighted by molar-refractivity contribution is 5.66. The molecular formula is C37H60O10. The average molecular weight is 665 g/mol. The van der Waals surface area contributed by atoms with Crippen LogP contribution in [0.25, 0.3) is 0 Å². The summed E-state index contributed by atoms with van der Waals surface area (Å²) >= 11 is 0. The Kier molecular flexibility index (Phi) is 7.80. The molecule has 2 spiro atoms. The van der Waals surface area contributed by atoms with Crippen molar-refractivity contribution >= 4 is 5.97 Å². The maximum atomic E-state index is 12.6. The standard InChI is InChI=1S/C37H60O10/c1-19-15-23(29(32(5,6)42)45-20(2)38)47-37(43)28(19)33(7)13-14-36-18-35(36)12-11-26(46-27-16-21(39)22(40)17-44-27)31(3,4)24(35)9-10-25(36)34(33,8)30(37)41/h19,21-30,39-43H,9-18H2,1-8H3/t19-,21-,22?,23?,24+,25?,26+,27+,28-,29+,30-,33-,34-,35-,36+,37-/m1/s1. The molecule has 0 aromatic heterocycles. The van der Waals surface area contributed by atoms with Gasteiger partial charge in [-0.1, -0.05) is 34.6 Å². The molecule has 16 atom stereocenters. The molecule has 2 heterocycles. The molecule has 0 aromatic carbocycles. The van der Waals surface area contributed by atoms with E-state index in [1.807, 2.05) is 0 Å². The zero-order valence-corrected chi connectivity index (χ0v) is 29.7. The van der Waals surface area contributed by atoms with Crippen LogP contribution in [0.3, 0.4) is 0 Å². The second-order valence-electron chi connectivity index (χ2n) is 18.7. The summed E-state index contributed by atoms with van der Waals surface area (Å²) in [5, 5.41) is 56.3. The Hall–Kier alpha value is -0.850. The lowest BCUT2D eigenvalue weighted by atomic mass is 9.41. The topological polar surface area (TPSA) is 155 Å². The summed E-state index contributed by atoms with van der Waals surface area (Å²) in [4.78, 5) is 12.1. The number of hydrogen-bond donors (Lipinski definition) is 5. The fourth-order valence-electron chi connectivity index (χ4n) is 13.8. The number of carbonyl (C=O) groups excluding carboxylic acids is 1. The molecule has 3 unspecified atom stereocenters. The quantitative estimate of drug-likeness (QED) is 0.217. The van der Waals surface area contributed by atoms with Crippen molar-refractivity contribution in [1.82, 2.24) is 0 Å². The van der Waals surface area contributed by atoms with Crippen molar-refractivity contribution in [2.45, 2.75) is 167 Å². The van der Waals surface area contributed by atoms with Crippen molar-refractivity contribution in [3.63, 3.8) is 0 Å². The molecule has 5 N–H and O–H groups in total. The lowest BCUT2D eigenvalue weighted by Crippen LogP contribution is -2.61. The zero-order valence-electron chi connectivity index (χ0n) is 29.7. The number of rotatable bonds is 5. The molecule has 268 valence electrons. The third-order valence-corrected chi connectivity index (χ3v) is 15.8. The number of aliphatic hydroxyl groups is 5. The number of hydrogen-bond acceptors (Lipinski definition) is 10. The molecule has 7 rings (SSSR count). The van der Waals surface area contributed by atoms with Gasteiger partial charge in [0.25, 0.3) is 0 Å². The molecule has 0 amide bonds. The number of aliphatic hydroxyl groups excluding tert-OH is 3. The lowest BCUT2D eigenvalue weighted by molar-refractivity contribution is -0.342. The van der Waals surface area contributed by atoms with E-state index in [0.717, 1.165) is 44.9 Å². The minimum atomic E-state index is -1.83. The van der Waals surface area contributed by atoms with Gasteiger partial charge in [0.2, 0.25) is 0 Å². The first-order chi connectivity index (χ1) is 21.7. The van der Waals surface area contributed by atoms with Crippen LogP contribution in [0.5, 0.6) is 0 Å². The van der Waals surface area contributed by atoms with E-state index in [9.17, 15) is 30.3 Å². The van der Waals surface area contributed by atoms with Crippen molar-refractivity contribution in [2.75, 3.05) is 6.61 Å². The molecule has 0 bridgehead atoms. The molecule has 7 aliphatic rings. The summed E-state index contributed by atoms with van der Waals surface area (Å²) in [6.45, 7) is 15.8. The van der Waals surface area contributed by atoms with E-state index in [4.69, 9.17) is 18.9 Å². The highest BCUT2D eigenvalue weighted by Gasteiger charge is 2.86. The monoisotopic (exact) mass is 664 g/mol. The Bertz CT molecular complexity index is 1270. The van der Waals surface area contributed by atoms with Crippen molar-refractivity contribution in [1.29, 1.82) is 0 Å². The van der Waals surface area contributed by atoms with Crippen LogP contribution < -0.4 is 0 Å². The maximum absolute atomic E-state index is 12.6. The van der Waals surface area contributed by atoms with Crippen LogP contribution in [0.15, 0.2) is 0 Å². The van der Waals surface area contributed by atoms with Gasteiger partial charge in [0.15, 0.2) is 18.2 Å². The number of fused-ring (bicyclic) bond motifs is 4. The third kappa shape index (κ3) is 4.47. The summed E-state index contributed by atoms with van der Waals surface area (Å²) in [7, 11) is 0. The molecule has 5 aliphatic carbocycles. The summed E-state index contributed by atoms with van der Waals surface area (Å²) in [6, 6.07) is 0. The van der Waals surface area contributed by atoms with Crippen LogP contribution in [0, 0.1) is 50.7 Å². The SMILES string of the molecule is CC(=O)O[C@@H](C1C[C@@H](C)[C@H]2[C@@](O)(O1)[C@H](O)[C@@]1(C)C3CC[C@H]4C(C)(C)[C@@H](O[C@H]5C[C@@H](O)C(O)CO5)CC[C@@]45C[C@@]35CC[C@]21C)C(C)(C)O. The van der Waals surface area contributed by atoms with Gasteiger partial charge in [-0.2, -0.15) is 0 Å². The summed E-state index contributed by atoms with van der Waals surface area (Å²) < 4.78 is 24.5. The summed E-state index contributed by atoms with van der Waals surface area (Å²) in [5.74, 6) is -2.03. The second-order valence-corrected chi connectivity index (χ2v) is 18.7. The van der Waals surface area contributed by atoms with E-state index < -0.39 is 59.6 Å². The van der Waals surface area contributed by atoms with E-state index in [1.54, 1.807) is 13.8 Å². The highest BCUT2D eigenvalue weighted by atomic mass is 16.7. The lowest BCUT2D eigenvalue weighted by Gasteiger charge is -2.63. The number of esters is 1. The van der Waals surface area contributed by atoms with Crippen molar-refractivity contribution < 1.29 is 49.3 Å². The van der Waals surface area contributed by atoms with Crippen molar-refractivity contribution in [3.8, 4) is 0 Å². The van der Waals surface area contributed by atoms with Gasteiger partial charge in [0.05, 0.1) is 24.4 Å². The molecule has 47 heavy (non-hydrogen) atoms. The fourth-order valence-corrected chi connectivity index (χ4v) is 13.8. The minimum absolute atomic E-state index is 0.0167. The normalized spacial score (nSPS) is 55.4. The summed E-state index contributed by atoms with van der Waals surface area (Å²) in [6.07, 6.45) is 2.64. The van der Waals surface area contributed by atoms with Gasteiger partial charge in [0.1, 0.15) is 18.3 Å². The van der Waals surface area contributed by atoms with Crippen LogP contribution in [-0.2, 0) is 23.7 Å². The third-order valence-electron chi connectivity index (χ3n) is 15.8. The molecule has 0 radical (unpaired) electrons. The van der Waals surface area contributed by atoms with Gasteiger partial charge in [-0.3, -0.25) is 4.79 Å². The van der Waals surface area contributed by atoms with Gasteiger partial charge < -0.3 is 44.5 Å². The van der Waals surface area contributed by atoms with Crippen LogP contribution >= 0.6 is 0 Å². The Morgan fingerprint density at radius 1 is 0.936 bits per heavy atom. The molecular weight excluding hydrogens is 604 g/mol. The first-order valence-corrected chi connectivity index (χ1v) is 18.3. The van der Waals surface area contributed by atoms with Crippen LogP contribution in [0.1, 0.15) is 113 Å². The zero-order chi connectivity index (χ0) is 34.3. The van der Waals surface area contributed by atoms with E-state index in [2.05, 4.69) is 34.6 Å². The first-order valence-electron chi connectivity index (χ1n) is 18.3. The Balaban J connectivity index is 1.17. The highest BCUT2D eigenvalue weighted by Crippen LogP contribution is 2.89. The van der Waals surface area contributed by atoms with Gasteiger partial charge in [0, 0.05) is 24.7 Å². The number of ether oxygens (including phenoxy) is 4. The Morgan fingerprint density at radius 3 is 2.23 bits per heavy atom. The minimum Gasteiger partial charge on any atom is -0.457 e. The number of carbonyl (C=O) groups is 1. The van der Waals surface area contributed by atoms with Gasteiger partial charge in [-0.05, 0) is 105 Å². The first kappa shape index (κ1) is 34.6. The largest absolute Gasteiger partial charge is 0.457 e. The predicted octanol–water partition coefficient (Wildman–Crippen LogP) is 3.68. The summed E-state index contributed by atoms with van der Waals surface area (Å²) in [5.41, 5.74) is -2.26.